The Labute approximate surface area is 140 Å². The highest BCUT2D eigenvalue weighted by atomic mass is 16.2. The second kappa shape index (κ2) is 6.00. The molecule has 1 N–H and O–H groups in total. The molecule has 2 aromatic carbocycles. The van der Waals surface area contributed by atoms with Gasteiger partial charge >= 0.3 is 0 Å². The van der Waals surface area contributed by atoms with Gasteiger partial charge in [-0.15, -0.1) is 0 Å². The minimum atomic E-state index is 0.0930. The second-order valence-electron chi connectivity index (χ2n) is 6.25. The molecule has 0 bridgehead atoms. The summed E-state index contributed by atoms with van der Waals surface area (Å²) in [5, 5.41) is 0. The SMILES string of the molecule is Cc1cccc(N2CCN(C(=O)c3ccc4nc[nH]c4c3)CC2)c1. The highest BCUT2D eigenvalue weighted by Crippen LogP contribution is 2.19. The molecule has 1 aromatic heterocycles. The van der Waals surface area contributed by atoms with E-state index in [-0.39, 0.29) is 5.91 Å². The summed E-state index contributed by atoms with van der Waals surface area (Å²) in [6.45, 7) is 5.32. The molecule has 0 spiro atoms. The molecule has 0 aliphatic carbocycles. The monoisotopic (exact) mass is 320 g/mol. The third-order valence-corrected chi connectivity index (χ3v) is 4.60. The van der Waals surface area contributed by atoms with Crippen LogP contribution in [0.1, 0.15) is 15.9 Å². The number of carbonyl (C=O) groups excluding carboxylic acids is 1. The molecule has 1 amide bonds. The number of nitrogens with one attached hydrogen (secondary N) is 1. The largest absolute Gasteiger partial charge is 0.368 e. The van der Waals surface area contributed by atoms with Gasteiger partial charge in [0, 0.05) is 37.4 Å². The van der Waals surface area contributed by atoms with E-state index in [0.29, 0.717) is 0 Å². The van der Waals surface area contributed by atoms with Crippen LogP contribution in [0, 0.1) is 6.92 Å². The van der Waals surface area contributed by atoms with Crippen molar-refractivity contribution in [3.8, 4) is 0 Å². The van der Waals surface area contributed by atoms with Gasteiger partial charge in [-0.3, -0.25) is 4.79 Å². The highest BCUT2D eigenvalue weighted by molar-refractivity contribution is 5.97. The van der Waals surface area contributed by atoms with Crippen LogP contribution in [0.4, 0.5) is 5.69 Å². The maximum atomic E-state index is 12.7. The van der Waals surface area contributed by atoms with Gasteiger partial charge in [0.15, 0.2) is 0 Å². The second-order valence-corrected chi connectivity index (χ2v) is 6.25. The van der Waals surface area contributed by atoms with E-state index in [9.17, 15) is 4.79 Å². The first-order valence-corrected chi connectivity index (χ1v) is 8.25. The molecule has 122 valence electrons. The lowest BCUT2D eigenvalue weighted by Gasteiger charge is -2.36. The van der Waals surface area contributed by atoms with Crippen molar-refractivity contribution < 1.29 is 4.79 Å². The zero-order valence-corrected chi connectivity index (χ0v) is 13.7. The number of anilines is 1. The van der Waals surface area contributed by atoms with Crippen molar-refractivity contribution in [1.29, 1.82) is 0 Å². The molecular weight excluding hydrogens is 300 g/mol. The lowest BCUT2D eigenvalue weighted by Crippen LogP contribution is -2.48. The predicted molar refractivity (Wildman–Crippen MR) is 95.4 cm³/mol. The minimum absolute atomic E-state index is 0.0930. The molecule has 1 saturated heterocycles. The van der Waals surface area contributed by atoms with Gasteiger partial charge < -0.3 is 14.8 Å². The number of amides is 1. The zero-order chi connectivity index (χ0) is 16.5. The fourth-order valence-electron chi connectivity index (χ4n) is 3.24. The summed E-state index contributed by atoms with van der Waals surface area (Å²) < 4.78 is 0. The van der Waals surface area contributed by atoms with E-state index in [1.54, 1.807) is 6.33 Å². The van der Waals surface area contributed by atoms with Crippen LogP contribution in [0.2, 0.25) is 0 Å². The summed E-state index contributed by atoms with van der Waals surface area (Å²) >= 11 is 0. The Kier molecular flexibility index (Phi) is 3.69. The topological polar surface area (TPSA) is 52.2 Å². The van der Waals surface area contributed by atoms with E-state index >= 15 is 0 Å². The number of H-pyrrole nitrogens is 1. The van der Waals surface area contributed by atoms with Crippen LogP contribution in [-0.2, 0) is 0 Å². The number of aromatic nitrogens is 2. The number of nitrogens with zero attached hydrogens (tertiary/aromatic N) is 3. The minimum Gasteiger partial charge on any atom is -0.368 e. The van der Waals surface area contributed by atoms with Gasteiger partial charge in [-0.05, 0) is 42.8 Å². The number of fused-ring (bicyclic) bond motifs is 1. The number of imidazole rings is 1. The molecule has 24 heavy (non-hydrogen) atoms. The van der Waals surface area contributed by atoms with Crippen LogP contribution in [0.25, 0.3) is 11.0 Å². The molecule has 1 aliphatic heterocycles. The van der Waals surface area contributed by atoms with Gasteiger partial charge in [-0.2, -0.15) is 0 Å². The molecule has 2 heterocycles. The molecule has 1 fully saturated rings. The molecule has 3 aromatic rings. The lowest BCUT2D eigenvalue weighted by molar-refractivity contribution is 0.0747. The Balaban J connectivity index is 1.46. The van der Waals surface area contributed by atoms with E-state index < -0.39 is 0 Å². The Hall–Kier alpha value is -2.82. The third-order valence-electron chi connectivity index (χ3n) is 4.60. The standard InChI is InChI=1S/C19H20N4O/c1-14-3-2-4-16(11-14)22-7-9-23(10-8-22)19(24)15-5-6-17-18(12-15)21-13-20-17/h2-6,11-13H,7-10H2,1H3,(H,20,21). The number of carbonyl (C=O) groups is 1. The van der Waals surface area contributed by atoms with Crippen LogP contribution in [0.5, 0.6) is 0 Å². The average Bonchev–Trinajstić information content (AvgIpc) is 3.09. The van der Waals surface area contributed by atoms with Crippen molar-refractivity contribution in [2.24, 2.45) is 0 Å². The number of piperazine rings is 1. The summed E-state index contributed by atoms with van der Waals surface area (Å²) in [6, 6.07) is 14.2. The molecule has 1 aliphatic rings. The van der Waals surface area contributed by atoms with E-state index in [4.69, 9.17) is 0 Å². The fourth-order valence-corrected chi connectivity index (χ4v) is 3.24. The molecule has 0 unspecified atom stereocenters. The summed E-state index contributed by atoms with van der Waals surface area (Å²) in [4.78, 5) is 24.3. The van der Waals surface area contributed by atoms with Crippen LogP contribution in [0.3, 0.4) is 0 Å². The maximum Gasteiger partial charge on any atom is 0.254 e. The average molecular weight is 320 g/mol. The van der Waals surface area contributed by atoms with Crippen molar-refractivity contribution in [2.45, 2.75) is 6.92 Å². The molecule has 5 nitrogen and oxygen atoms in total. The summed E-state index contributed by atoms with van der Waals surface area (Å²) in [5.41, 5.74) is 5.01. The summed E-state index contributed by atoms with van der Waals surface area (Å²) in [5.74, 6) is 0.0930. The third kappa shape index (κ3) is 2.73. The molecule has 0 radical (unpaired) electrons. The van der Waals surface area contributed by atoms with Gasteiger partial charge in [0.05, 0.1) is 17.4 Å². The van der Waals surface area contributed by atoms with Gasteiger partial charge in [-0.25, -0.2) is 4.98 Å². The normalized spacial score (nSPS) is 15.0. The van der Waals surface area contributed by atoms with Gasteiger partial charge in [0.2, 0.25) is 0 Å². The Morgan fingerprint density at radius 2 is 1.92 bits per heavy atom. The van der Waals surface area contributed by atoms with Crippen molar-refractivity contribution in [3.05, 3.63) is 59.9 Å². The van der Waals surface area contributed by atoms with Crippen molar-refractivity contribution in [3.63, 3.8) is 0 Å². The Bertz CT molecular complexity index is 878. The quantitative estimate of drug-likeness (QED) is 0.790. The lowest BCUT2D eigenvalue weighted by atomic mass is 10.1. The zero-order valence-electron chi connectivity index (χ0n) is 13.7. The molecule has 0 atom stereocenters. The van der Waals surface area contributed by atoms with Gasteiger partial charge in [-0.1, -0.05) is 12.1 Å². The molecule has 5 heteroatoms. The van der Waals surface area contributed by atoms with E-state index in [2.05, 4.69) is 46.1 Å². The van der Waals surface area contributed by atoms with Gasteiger partial charge in [0.1, 0.15) is 0 Å². The number of hydrogen-bond acceptors (Lipinski definition) is 3. The Morgan fingerprint density at radius 3 is 2.71 bits per heavy atom. The molecule has 0 saturated carbocycles. The smallest absolute Gasteiger partial charge is 0.254 e. The number of benzene rings is 2. The molecule has 4 rings (SSSR count). The van der Waals surface area contributed by atoms with Gasteiger partial charge in [0.25, 0.3) is 5.91 Å². The van der Waals surface area contributed by atoms with Crippen LogP contribution >= 0.6 is 0 Å². The van der Waals surface area contributed by atoms with Crippen molar-refractivity contribution in [2.75, 3.05) is 31.1 Å². The first-order valence-electron chi connectivity index (χ1n) is 8.25. The first kappa shape index (κ1) is 14.8. The maximum absolute atomic E-state index is 12.7. The van der Waals surface area contributed by atoms with Crippen LogP contribution in [-0.4, -0.2) is 47.0 Å². The Morgan fingerprint density at radius 1 is 1.08 bits per heavy atom. The predicted octanol–water partition coefficient (Wildman–Crippen LogP) is 2.83. The van der Waals surface area contributed by atoms with Crippen LogP contribution in [0.15, 0.2) is 48.8 Å². The first-order chi connectivity index (χ1) is 11.7. The summed E-state index contributed by atoms with van der Waals surface area (Å²) in [6.07, 6.45) is 1.65. The van der Waals surface area contributed by atoms with E-state index in [1.165, 1.54) is 11.3 Å². The summed E-state index contributed by atoms with van der Waals surface area (Å²) in [7, 11) is 0. The number of aromatic amines is 1. The highest BCUT2D eigenvalue weighted by Gasteiger charge is 2.22. The fraction of sp³-hybridized carbons (Fsp3) is 0.263. The molecular formula is C19H20N4O. The van der Waals surface area contributed by atoms with Crippen molar-refractivity contribution in [1.82, 2.24) is 14.9 Å². The number of hydrogen-bond donors (Lipinski definition) is 1. The number of aryl methyl sites for hydroxylation is 1. The number of rotatable bonds is 2. The van der Waals surface area contributed by atoms with E-state index in [1.807, 2.05) is 23.1 Å². The van der Waals surface area contributed by atoms with Crippen LogP contribution < -0.4 is 4.90 Å². The van der Waals surface area contributed by atoms with E-state index in [0.717, 1.165) is 42.8 Å². The van der Waals surface area contributed by atoms with Crippen molar-refractivity contribution >= 4 is 22.6 Å².